The minimum Gasteiger partial charge on any atom is -0.365 e. The van der Waals surface area contributed by atoms with Crippen molar-refractivity contribution in [1.82, 2.24) is 9.55 Å². The molecule has 4 nitrogen and oxygen atoms in total. The molecule has 100 valence electrons. The predicted octanol–water partition coefficient (Wildman–Crippen LogP) is 2.50. The number of rotatable bonds is 5. The number of aromatic nitrogens is 2. The lowest BCUT2D eigenvalue weighted by atomic mass is 9.70. The molecule has 0 bridgehead atoms. The standard InChI is InChI=1S/C14H23N3O/c1-11(2)9-17-8-7-15-12(13(17)18)16-10-14(3)5-4-6-14/h7-8,11H,4-6,9-10H2,1-3H3,(H,15,16). The van der Waals surface area contributed by atoms with E-state index in [4.69, 9.17) is 0 Å². The zero-order valence-electron chi connectivity index (χ0n) is 11.6. The van der Waals surface area contributed by atoms with Gasteiger partial charge in [0.25, 0.3) is 5.56 Å². The summed E-state index contributed by atoms with van der Waals surface area (Å²) in [5, 5.41) is 3.22. The summed E-state index contributed by atoms with van der Waals surface area (Å²) in [5.41, 5.74) is 0.349. The number of hydrogen-bond donors (Lipinski definition) is 1. The van der Waals surface area contributed by atoms with Gasteiger partial charge in [0, 0.05) is 25.5 Å². The molecule has 0 amide bonds. The molecule has 1 heterocycles. The molecular weight excluding hydrogens is 226 g/mol. The van der Waals surface area contributed by atoms with Crippen molar-refractivity contribution in [2.75, 3.05) is 11.9 Å². The van der Waals surface area contributed by atoms with E-state index < -0.39 is 0 Å². The summed E-state index contributed by atoms with van der Waals surface area (Å²) < 4.78 is 1.74. The number of anilines is 1. The molecule has 1 aliphatic carbocycles. The van der Waals surface area contributed by atoms with Crippen molar-refractivity contribution in [2.45, 2.75) is 46.6 Å². The topological polar surface area (TPSA) is 46.9 Å². The van der Waals surface area contributed by atoms with Crippen LogP contribution < -0.4 is 10.9 Å². The smallest absolute Gasteiger partial charge is 0.293 e. The number of nitrogens with one attached hydrogen (secondary N) is 1. The lowest BCUT2D eigenvalue weighted by Crippen LogP contribution is -2.35. The predicted molar refractivity (Wildman–Crippen MR) is 73.8 cm³/mol. The number of hydrogen-bond acceptors (Lipinski definition) is 3. The van der Waals surface area contributed by atoms with Crippen molar-refractivity contribution in [2.24, 2.45) is 11.3 Å². The first-order chi connectivity index (χ1) is 8.50. The van der Waals surface area contributed by atoms with Gasteiger partial charge in [-0.1, -0.05) is 27.2 Å². The third kappa shape index (κ3) is 2.92. The molecule has 0 spiro atoms. The lowest BCUT2D eigenvalue weighted by Gasteiger charge is -2.38. The Kier molecular flexibility index (Phi) is 3.73. The SMILES string of the molecule is CC(C)Cn1ccnc(NCC2(C)CCC2)c1=O. The lowest BCUT2D eigenvalue weighted by molar-refractivity contribution is 0.179. The van der Waals surface area contributed by atoms with Gasteiger partial charge in [-0.15, -0.1) is 0 Å². The van der Waals surface area contributed by atoms with E-state index in [2.05, 4.69) is 31.1 Å². The molecule has 0 aromatic carbocycles. The highest BCUT2D eigenvalue weighted by Crippen LogP contribution is 2.39. The van der Waals surface area contributed by atoms with Crippen LogP contribution in [-0.2, 0) is 6.54 Å². The first kappa shape index (κ1) is 13.1. The summed E-state index contributed by atoms with van der Waals surface area (Å²) in [6.45, 7) is 8.07. The average Bonchev–Trinajstić information content (AvgIpc) is 2.27. The Morgan fingerprint density at radius 3 is 2.78 bits per heavy atom. The molecule has 0 atom stereocenters. The van der Waals surface area contributed by atoms with Crippen LogP contribution in [0.2, 0.25) is 0 Å². The molecule has 1 aromatic rings. The van der Waals surface area contributed by atoms with Gasteiger partial charge in [-0.2, -0.15) is 0 Å². The fourth-order valence-electron chi connectivity index (χ4n) is 2.36. The first-order valence-corrected chi connectivity index (χ1v) is 6.79. The molecule has 1 aromatic heterocycles. The molecule has 2 rings (SSSR count). The van der Waals surface area contributed by atoms with Crippen LogP contribution in [0.15, 0.2) is 17.2 Å². The van der Waals surface area contributed by atoms with Crippen LogP contribution in [0.1, 0.15) is 40.0 Å². The van der Waals surface area contributed by atoms with Gasteiger partial charge in [-0.05, 0) is 24.2 Å². The molecule has 0 radical (unpaired) electrons. The van der Waals surface area contributed by atoms with E-state index in [1.165, 1.54) is 19.3 Å². The Bertz CT molecular complexity index is 460. The summed E-state index contributed by atoms with van der Waals surface area (Å²) in [6.07, 6.45) is 7.26. The van der Waals surface area contributed by atoms with Gasteiger partial charge in [0.15, 0.2) is 5.82 Å². The Labute approximate surface area is 108 Å². The molecular formula is C14H23N3O. The van der Waals surface area contributed by atoms with Crippen LogP contribution in [0.4, 0.5) is 5.82 Å². The zero-order valence-corrected chi connectivity index (χ0v) is 11.6. The van der Waals surface area contributed by atoms with E-state index in [0.29, 0.717) is 17.2 Å². The van der Waals surface area contributed by atoms with Gasteiger partial charge < -0.3 is 9.88 Å². The minimum atomic E-state index is -0.00544. The van der Waals surface area contributed by atoms with Crippen molar-refractivity contribution in [1.29, 1.82) is 0 Å². The molecule has 1 N–H and O–H groups in total. The van der Waals surface area contributed by atoms with Crippen molar-refractivity contribution in [3.05, 3.63) is 22.7 Å². The second-order valence-electron chi connectivity index (χ2n) is 6.14. The Balaban J connectivity index is 2.06. The largest absolute Gasteiger partial charge is 0.365 e. The summed E-state index contributed by atoms with van der Waals surface area (Å²) in [5.74, 6) is 0.952. The fraction of sp³-hybridized carbons (Fsp3) is 0.714. The van der Waals surface area contributed by atoms with E-state index in [0.717, 1.165) is 13.1 Å². The third-order valence-electron chi connectivity index (χ3n) is 3.72. The van der Waals surface area contributed by atoms with Crippen molar-refractivity contribution in [3.63, 3.8) is 0 Å². The second kappa shape index (κ2) is 5.12. The molecule has 4 heteroatoms. The summed E-state index contributed by atoms with van der Waals surface area (Å²) >= 11 is 0. The van der Waals surface area contributed by atoms with Crippen molar-refractivity contribution < 1.29 is 0 Å². The van der Waals surface area contributed by atoms with Crippen LogP contribution in [0.3, 0.4) is 0 Å². The Morgan fingerprint density at radius 1 is 1.50 bits per heavy atom. The third-order valence-corrected chi connectivity index (χ3v) is 3.72. The Morgan fingerprint density at radius 2 is 2.22 bits per heavy atom. The van der Waals surface area contributed by atoms with Crippen LogP contribution in [0.25, 0.3) is 0 Å². The minimum absolute atomic E-state index is 0.00544. The van der Waals surface area contributed by atoms with Gasteiger partial charge in [0.05, 0.1) is 0 Å². The maximum Gasteiger partial charge on any atom is 0.293 e. The van der Waals surface area contributed by atoms with E-state index in [1.54, 1.807) is 17.0 Å². The normalized spacial score (nSPS) is 17.6. The molecule has 1 fully saturated rings. The van der Waals surface area contributed by atoms with Crippen LogP contribution in [-0.4, -0.2) is 16.1 Å². The van der Waals surface area contributed by atoms with E-state index in [9.17, 15) is 4.79 Å². The first-order valence-electron chi connectivity index (χ1n) is 6.79. The molecule has 1 saturated carbocycles. The maximum atomic E-state index is 12.2. The summed E-state index contributed by atoms with van der Waals surface area (Å²) in [4.78, 5) is 16.3. The van der Waals surface area contributed by atoms with Gasteiger partial charge in [0.1, 0.15) is 0 Å². The van der Waals surface area contributed by atoms with Gasteiger partial charge in [-0.25, -0.2) is 4.98 Å². The average molecular weight is 249 g/mol. The highest BCUT2D eigenvalue weighted by atomic mass is 16.1. The molecule has 0 aliphatic heterocycles. The highest BCUT2D eigenvalue weighted by molar-refractivity contribution is 5.31. The van der Waals surface area contributed by atoms with Crippen LogP contribution in [0, 0.1) is 11.3 Å². The van der Waals surface area contributed by atoms with Gasteiger partial charge in [-0.3, -0.25) is 4.79 Å². The number of nitrogens with zero attached hydrogens (tertiary/aromatic N) is 2. The van der Waals surface area contributed by atoms with E-state index >= 15 is 0 Å². The summed E-state index contributed by atoms with van der Waals surface area (Å²) in [7, 11) is 0. The van der Waals surface area contributed by atoms with Crippen LogP contribution >= 0.6 is 0 Å². The van der Waals surface area contributed by atoms with E-state index in [-0.39, 0.29) is 5.56 Å². The molecule has 1 aliphatic rings. The molecule has 0 saturated heterocycles. The van der Waals surface area contributed by atoms with Gasteiger partial charge in [0.2, 0.25) is 0 Å². The monoisotopic (exact) mass is 249 g/mol. The van der Waals surface area contributed by atoms with Gasteiger partial charge >= 0.3 is 0 Å². The maximum absolute atomic E-state index is 12.2. The van der Waals surface area contributed by atoms with Crippen molar-refractivity contribution in [3.8, 4) is 0 Å². The highest BCUT2D eigenvalue weighted by Gasteiger charge is 2.31. The van der Waals surface area contributed by atoms with Crippen LogP contribution in [0.5, 0.6) is 0 Å². The second-order valence-corrected chi connectivity index (χ2v) is 6.14. The molecule has 0 unspecified atom stereocenters. The molecule has 18 heavy (non-hydrogen) atoms. The fourth-order valence-corrected chi connectivity index (χ4v) is 2.36. The van der Waals surface area contributed by atoms with Crippen molar-refractivity contribution >= 4 is 5.82 Å². The summed E-state index contributed by atoms with van der Waals surface area (Å²) in [6, 6.07) is 0. The van der Waals surface area contributed by atoms with E-state index in [1.807, 2.05) is 0 Å². The quantitative estimate of drug-likeness (QED) is 0.872. The Hall–Kier alpha value is -1.32. The zero-order chi connectivity index (χ0) is 13.2.